The molecule has 0 aromatic heterocycles. The fourth-order valence-corrected chi connectivity index (χ4v) is 3.44. The maximum atomic E-state index is 12.7. The molecule has 2 aliphatic heterocycles. The van der Waals surface area contributed by atoms with Crippen LogP contribution in [-0.2, 0) is 4.79 Å². The molecule has 0 bridgehead atoms. The van der Waals surface area contributed by atoms with E-state index in [-0.39, 0.29) is 17.7 Å². The van der Waals surface area contributed by atoms with Gasteiger partial charge in [0, 0.05) is 62.5 Å². The quantitative estimate of drug-likeness (QED) is 0.867. The number of piperazine rings is 1. The summed E-state index contributed by atoms with van der Waals surface area (Å²) < 4.78 is 0. The molecule has 2 aliphatic rings. The van der Waals surface area contributed by atoms with Crippen LogP contribution in [0.4, 0.5) is 5.69 Å². The van der Waals surface area contributed by atoms with Crippen LogP contribution in [-0.4, -0.2) is 66.9 Å². The summed E-state index contributed by atoms with van der Waals surface area (Å²) in [6, 6.07) is 7.69. The van der Waals surface area contributed by atoms with Gasteiger partial charge in [-0.2, -0.15) is 0 Å². The highest BCUT2D eigenvalue weighted by atomic mass is 16.2. The largest absolute Gasteiger partial charge is 0.337 e. The third-order valence-electron chi connectivity index (χ3n) is 5.04. The first kappa shape index (κ1) is 17.9. The Hall–Kier alpha value is -1.92. The summed E-state index contributed by atoms with van der Waals surface area (Å²) in [5, 5.41) is 6.22. The number of likely N-dealkylation sites (tertiary alicyclic amines) is 1. The molecule has 2 fully saturated rings. The number of hydrogen-bond acceptors (Lipinski definition) is 4. The minimum absolute atomic E-state index is 0.0162. The Morgan fingerprint density at radius 1 is 1.12 bits per heavy atom. The first-order valence-corrected chi connectivity index (χ1v) is 9.19. The van der Waals surface area contributed by atoms with Crippen LogP contribution in [0.2, 0.25) is 0 Å². The molecule has 2 N–H and O–H groups in total. The van der Waals surface area contributed by atoms with Crippen molar-refractivity contribution >= 4 is 17.5 Å². The van der Waals surface area contributed by atoms with Crippen molar-refractivity contribution in [2.75, 3.05) is 44.6 Å². The van der Waals surface area contributed by atoms with E-state index < -0.39 is 0 Å². The fraction of sp³-hybridized carbons (Fsp3) is 0.579. The smallest absolute Gasteiger partial charge is 0.253 e. The lowest BCUT2D eigenvalue weighted by molar-refractivity contribution is -0.118. The van der Waals surface area contributed by atoms with Crippen LogP contribution in [0, 0.1) is 5.92 Å². The van der Waals surface area contributed by atoms with Crippen molar-refractivity contribution < 1.29 is 9.59 Å². The normalized spacial score (nSPS) is 21.6. The number of rotatable bonds is 4. The number of carbonyl (C=O) groups is 2. The molecule has 2 heterocycles. The Labute approximate surface area is 149 Å². The molecule has 6 heteroatoms. The van der Waals surface area contributed by atoms with Crippen molar-refractivity contribution in [2.45, 2.75) is 26.3 Å². The van der Waals surface area contributed by atoms with E-state index in [1.54, 1.807) is 24.3 Å². The van der Waals surface area contributed by atoms with Crippen molar-refractivity contribution in [3.8, 4) is 0 Å². The average molecular weight is 344 g/mol. The van der Waals surface area contributed by atoms with Gasteiger partial charge >= 0.3 is 0 Å². The van der Waals surface area contributed by atoms with Crippen molar-refractivity contribution in [2.24, 2.45) is 5.92 Å². The van der Waals surface area contributed by atoms with Gasteiger partial charge in [-0.15, -0.1) is 0 Å². The zero-order valence-corrected chi connectivity index (χ0v) is 15.1. The van der Waals surface area contributed by atoms with Crippen LogP contribution in [0.15, 0.2) is 24.3 Å². The van der Waals surface area contributed by atoms with Crippen molar-refractivity contribution in [1.82, 2.24) is 15.1 Å². The van der Waals surface area contributed by atoms with Crippen LogP contribution in [0.3, 0.4) is 0 Å². The zero-order valence-electron chi connectivity index (χ0n) is 15.1. The van der Waals surface area contributed by atoms with Gasteiger partial charge in [0.15, 0.2) is 0 Å². The third-order valence-corrected chi connectivity index (χ3v) is 5.04. The molecule has 2 amide bonds. The Morgan fingerprint density at radius 3 is 2.44 bits per heavy atom. The second kappa shape index (κ2) is 7.97. The van der Waals surface area contributed by atoms with Gasteiger partial charge in [-0.1, -0.05) is 13.8 Å². The first-order valence-electron chi connectivity index (χ1n) is 9.19. The predicted molar refractivity (Wildman–Crippen MR) is 98.7 cm³/mol. The SMILES string of the molecule is CC(C)C(=O)Nc1ccc(C(=O)N2CCC(N3CCNCC3)C2)cc1. The molecule has 1 aromatic rings. The maximum absolute atomic E-state index is 12.7. The topological polar surface area (TPSA) is 64.7 Å². The summed E-state index contributed by atoms with van der Waals surface area (Å²) in [7, 11) is 0. The minimum atomic E-state index is -0.0622. The molecule has 6 nitrogen and oxygen atoms in total. The van der Waals surface area contributed by atoms with E-state index in [0.717, 1.165) is 51.4 Å². The highest BCUT2D eigenvalue weighted by Crippen LogP contribution is 2.19. The summed E-state index contributed by atoms with van der Waals surface area (Å²) >= 11 is 0. The second-order valence-electron chi connectivity index (χ2n) is 7.20. The predicted octanol–water partition coefficient (Wildman–Crippen LogP) is 1.40. The van der Waals surface area contributed by atoms with Crippen LogP contribution in [0.25, 0.3) is 0 Å². The monoisotopic (exact) mass is 344 g/mol. The average Bonchev–Trinajstić information content (AvgIpc) is 3.12. The maximum Gasteiger partial charge on any atom is 0.253 e. The highest BCUT2D eigenvalue weighted by molar-refractivity contribution is 5.96. The minimum Gasteiger partial charge on any atom is -0.337 e. The van der Waals surface area contributed by atoms with E-state index in [0.29, 0.717) is 11.6 Å². The second-order valence-corrected chi connectivity index (χ2v) is 7.20. The summed E-state index contributed by atoms with van der Waals surface area (Å²) in [5.41, 5.74) is 1.42. The van der Waals surface area contributed by atoms with E-state index in [9.17, 15) is 9.59 Å². The molecule has 1 unspecified atom stereocenters. The Morgan fingerprint density at radius 2 is 1.80 bits per heavy atom. The number of carbonyl (C=O) groups excluding carboxylic acids is 2. The van der Waals surface area contributed by atoms with Gasteiger partial charge in [-0.05, 0) is 30.7 Å². The summed E-state index contributed by atoms with van der Waals surface area (Å²) in [5.74, 6) is 0.00434. The molecule has 0 aliphatic carbocycles. The molecule has 3 rings (SSSR count). The molecule has 2 saturated heterocycles. The third kappa shape index (κ3) is 4.38. The Balaban J connectivity index is 1.57. The number of anilines is 1. The van der Waals surface area contributed by atoms with Gasteiger partial charge in [0.25, 0.3) is 5.91 Å². The van der Waals surface area contributed by atoms with E-state index in [4.69, 9.17) is 0 Å². The lowest BCUT2D eigenvalue weighted by atomic mass is 10.1. The summed E-state index contributed by atoms with van der Waals surface area (Å²) in [4.78, 5) is 28.9. The number of amides is 2. The summed E-state index contributed by atoms with van der Waals surface area (Å²) in [6.45, 7) is 9.55. The molecule has 0 spiro atoms. The molecular weight excluding hydrogens is 316 g/mol. The molecule has 25 heavy (non-hydrogen) atoms. The van der Waals surface area contributed by atoms with Crippen molar-refractivity contribution in [3.05, 3.63) is 29.8 Å². The lowest BCUT2D eigenvalue weighted by Gasteiger charge is -2.32. The molecule has 1 aromatic carbocycles. The molecule has 1 atom stereocenters. The Bertz CT molecular complexity index is 608. The first-order chi connectivity index (χ1) is 12.0. The molecule has 136 valence electrons. The molecule has 0 saturated carbocycles. The van der Waals surface area contributed by atoms with E-state index in [2.05, 4.69) is 15.5 Å². The van der Waals surface area contributed by atoms with Gasteiger partial charge in [-0.3, -0.25) is 14.5 Å². The van der Waals surface area contributed by atoms with Crippen LogP contribution in [0.5, 0.6) is 0 Å². The van der Waals surface area contributed by atoms with Crippen molar-refractivity contribution in [3.63, 3.8) is 0 Å². The number of benzene rings is 1. The highest BCUT2D eigenvalue weighted by Gasteiger charge is 2.31. The number of nitrogens with zero attached hydrogens (tertiary/aromatic N) is 2. The molecule has 0 radical (unpaired) electrons. The van der Waals surface area contributed by atoms with E-state index in [1.165, 1.54) is 0 Å². The zero-order chi connectivity index (χ0) is 17.8. The van der Waals surface area contributed by atoms with E-state index >= 15 is 0 Å². The van der Waals surface area contributed by atoms with Crippen LogP contribution >= 0.6 is 0 Å². The van der Waals surface area contributed by atoms with E-state index in [1.807, 2.05) is 18.7 Å². The Kier molecular flexibility index (Phi) is 5.71. The van der Waals surface area contributed by atoms with Gasteiger partial charge in [0.05, 0.1) is 0 Å². The standard InChI is InChI=1S/C19H28N4O2/c1-14(2)18(24)21-16-5-3-15(4-6-16)19(25)23-10-7-17(13-23)22-11-8-20-9-12-22/h3-6,14,17,20H,7-13H2,1-2H3,(H,21,24). The van der Waals surface area contributed by atoms with Gasteiger partial charge < -0.3 is 15.5 Å². The van der Waals surface area contributed by atoms with Gasteiger partial charge in [0.2, 0.25) is 5.91 Å². The van der Waals surface area contributed by atoms with Gasteiger partial charge in [-0.25, -0.2) is 0 Å². The fourth-order valence-electron chi connectivity index (χ4n) is 3.44. The lowest BCUT2D eigenvalue weighted by Crippen LogP contribution is -2.49. The number of hydrogen-bond donors (Lipinski definition) is 2. The number of nitrogens with one attached hydrogen (secondary N) is 2. The van der Waals surface area contributed by atoms with Gasteiger partial charge in [0.1, 0.15) is 0 Å². The van der Waals surface area contributed by atoms with Crippen LogP contribution in [0.1, 0.15) is 30.6 Å². The molecular formula is C19H28N4O2. The van der Waals surface area contributed by atoms with Crippen LogP contribution < -0.4 is 10.6 Å². The van der Waals surface area contributed by atoms with Crippen molar-refractivity contribution in [1.29, 1.82) is 0 Å². The summed E-state index contributed by atoms with van der Waals surface area (Å²) in [6.07, 6.45) is 1.05.